The highest BCUT2D eigenvalue weighted by molar-refractivity contribution is 5.37. The Morgan fingerprint density at radius 2 is 1.95 bits per heavy atom. The molecule has 0 amide bonds. The maximum Gasteiger partial charge on any atom is 0.123 e. The van der Waals surface area contributed by atoms with Crippen LogP contribution in [-0.2, 0) is 19.4 Å². The summed E-state index contributed by atoms with van der Waals surface area (Å²) in [5.41, 5.74) is 4.86. The summed E-state index contributed by atoms with van der Waals surface area (Å²) < 4.78 is 7.53. The van der Waals surface area contributed by atoms with Crippen LogP contribution in [0.1, 0.15) is 36.4 Å². The normalized spacial score (nSPS) is 10.7. The third kappa shape index (κ3) is 2.98. The maximum absolute atomic E-state index is 5.44. The van der Waals surface area contributed by atoms with Crippen molar-refractivity contribution in [1.82, 2.24) is 9.78 Å². The van der Waals surface area contributed by atoms with Gasteiger partial charge >= 0.3 is 0 Å². The summed E-state index contributed by atoms with van der Waals surface area (Å²) >= 11 is 0. The van der Waals surface area contributed by atoms with E-state index in [2.05, 4.69) is 48.8 Å². The van der Waals surface area contributed by atoms with Gasteiger partial charge in [-0.3, -0.25) is 4.68 Å². The van der Waals surface area contributed by atoms with Gasteiger partial charge in [-0.15, -0.1) is 0 Å². The lowest BCUT2D eigenvalue weighted by Crippen LogP contribution is -2.07. The first kappa shape index (κ1) is 13.7. The number of rotatable bonds is 5. The lowest BCUT2D eigenvalue weighted by atomic mass is 10.1. The molecule has 0 atom stereocenters. The first-order chi connectivity index (χ1) is 9.17. The standard InChI is InChI=1S/C16H22N2O/c1-5-14-10-15(6-2)18(17-14)11-13-9-12(3)7-8-16(13)19-4/h7-10H,5-6,11H2,1-4H3. The van der Waals surface area contributed by atoms with E-state index in [1.165, 1.54) is 16.8 Å². The van der Waals surface area contributed by atoms with E-state index in [9.17, 15) is 0 Å². The Morgan fingerprint density at radius 1 is 1.16 bits per heavy atom. The summed E-state index contributed by atoms with van der Waals surface area (Å²) in [6.45, 7) is 7.18. The van der Waals surface area contributed by atoms with Crippen molar-refractivity contribution >= 4 is 0 Å². The molecular formula is C16H22N2O. The minimum atomic E-state index is 0.772. The lowest BCUT2D eigenvalue weighted by molar-refractivity contribution is 0.406. The van der Waals surface area contributed by atoms with Gasteiger partial charge in [0.2, 0.25) is 0 Å². The van der Waals surface area contributed by atoms with Gasteiger partial charge in [0.15, 0.2) is 0 Å². The van der Waals surface area contributed by atoms with Crippen LogP contribution in [0.5, 0.6) is 5.75 Å². The molecule has 0 radical (unpaired) electrons. The van der Waals surface area contributed by atoms with E-state index in [1.54, 1.807) is 7.11 Å². The third-order valence-corrected chi connectivity index (χ3v) is 3.39. The first-order valence-electron chi connectivity index (χ1n) is 6.87. The highest BCUT2D eigenvalue weighted by Gasteiger charge is 2.09. The number of nitrogens with zero attached hydrogens (tertiary/aromatic N) is 2. The van der Waals surface area contributed by atoms with Crippen LogP contribution in [0.25, 0.3) is 0 Å². The fraction of sp³-hybridized carbons (Fsp3) is 0.438. The summed E-state index contributed by atoms with van der Waals surface area (Å²) in [5.74, 6) is 0.932. The molecule has 1 heterocycles. The van der Waals surface area contributed by atoms with Crippen LogP contribution in [0.3, 0.4) is 0 Å². The van der Waals surface area contributed by atoms with Crippen molar-refractivity contribution in [2.75, 3.05) is 7.11 Å². The molecule has 1 aromatic heterocycles. The Bertz CT molecular complexity index is 558. The van der Waals surface area contributed by atoms with E-state index in [-0.39, 0.29) is 0 Å². The number of aromatic nitrogens is 2. The summed E-state index contributed by atoms with van der Waals surface area (Å²) in [6.07, 6.45) is 1.98. The smallest absolute Gasteiger partial charge is 0.123 e. The quantitative estimate of drug-likeness (QED) is 0.822. The van der Waals surface area contributed by atoms with Crippen LogP contribution in [0.4, 0.5) is 0 Å². The molecule has 0 bridgehead atoms. The van der Waals surface area contributed by atoms with Crippen LogP contribution in [0.2, 0.25) is 0 Å². The van der Waals surface area contributed by atoms with Crippen molar-refractivity contribution in [3.63, 3.8) is 0 Å². The number of methoxy groups -OCH3 is 1. The van der Waals surface area contributed by atoms with Crippen LogP contribution < -0.4 is 4.74 Å². The Balaban J connectivity index is 2.34. The largest absolute Gasteiger partial charge is 0.496 e. The van der Waals surface area contributed by atoms with Crippen LogP contribution in [0.15, 0.2) is 24.3 Å². The molecule has 0 unspecified atom stereocenters. The van der Waals surface area contributed by atoms with Gasteiger partial charge in [0.05, 0.1) is 19.3 Å². The second-order valence-corrected chi connectivity index (χ2v) is 4.81. The second-order valence-electron chi connectivity index (χ2n) is 4.81. The van der Waals surface area contributed by atoms with E-state index in [0.717, 1.165) is 30.8 Å². The van der Waals surface area contributed by atoms with Gasteiger partial charge in [0.1, 0.15) is 5.75 Å². The zero-order valence-electron chi connectivity index (χ0n) is 12.2. The van der Waals surface area contributed by atoms with Gasteiger partial charge in [-0.1, -0.05) is 31.5 Å². The highest BCUT2D eigenvalue weighted by atomic mass is 16.5. The predicted molar refractivity (Wildman–Crippen MR) is 77.8 cm³/mol. The first-order valence-corrected chi connectivity index (χ1v) is 6.87. The molecule has 0 N–H and O–H groups in total. The lowest BCUT2D eigenvalue weighted by Gasteiger charge is -2.11. The Labute approximate surface area is 115 Å². The van der Waals surface area contributed by atoms with Crippen molar-refractivity contribution in [2.24, 2.45) is 0 Å². The summed E-state index contributed by atoms with van der Waals surface area (Å²) in [4.78, 5) is 0. The van der Waals surface area contributed by atoms with E-state index in [1.807, 2.05) is 6.07 Å². The number of hydrogen-bond acceptors (Lipinski definition) is 2. The van der Waals surface area contributed by atoms with Gasteiger partial charge in [-0.25, -0.2) is 0 Å². The van der Waals surface area contributed by atoms with Crippen molar-refractivity contribution < 1.29 is 4.74 Å². The van der Waals surface area contributed by atoms with Crippen LogP contribution >= 0.6 is 0 Å². The second kappa shape index (κ2) is 5.91. The Morgan fingerprint density at radius 3 is 2.58 bits per heavy atom. The summed E-state index contributed by atoms with van der Waals surface area (Å²) in [6, 6.07) is 8.47. The molecule has 0 saturated carbocycles. The third-order valence-electron chi connectivity index (χ3n) is 3.39. The van der Waals surface area contributed by atoms with Crippen molar-refractivity contribution in [1.29, 1.82) is 0 Å². The van der Waals surface area contributed by atoms with Crippen molar-refractivity contribution in [3.8, 4) is 5.75 Å². The SMILES string of the molecule is CCc1cc(CC)n(Cc2cc(C)ccc2OC)n1. The Kier molecular flexibility index (Phi) is 4.25. The van der Waals surface area contributed by atoms with Crippen LogP contribution in [0, 0.1) is 6.92 Å². The summed E-state index contributed by atoms with van der Waals surface area (Å²) in [5, 5.41) is 4.66. The fourth-order valence-corrected chi connectivity index (χ4v) is 2.30. The molecule has 2 aromatic rings. The fourth-order valence-electron chi connectivity index (χ4n) is 2.30. The van der Waals surface area contributed by atoms with Gasteiger partial charge in [0.25, 0.3) is 0 Å². The van der Waals surface area contributed by atoms with Crippen molar-refractivity contribution in [2.45, 2.75) is 40.2 Å². The van der Waals surface area contributed by atoms with E-state index >= 15 is 0 Å². The molecule has 0 aliphatic carbocycles. The van der Waals surface area contributed by atoms with Gasteiger partial charge < -0.3 is 4.74 Å². The van der Waals surface area contributed by atoms with E-state index < -0.39 is 0 Å². The molecule has 1 aromatic carbocycles. The zero-order chi connectivity index (χ0) is 13.8. The number of aryl methyl sites for hydroxylation is 3. The molecule has 0 saturated heterocycles. The van der Waals surface area contributed by atoms with E-state index in [0.29, 0.717) is 0 Å². The molecule has 19 heavy (non-hydrogen) atoms. The summed E-state index contributed by atoms with van der Waals surface area (Å²) in [7, 11) is 1.72. The molecule has 0 spiro atoms. The van der Waals surface area contributed by atoms with Gasteiger partial charge in [-0.2, -0.15) is 5.10 Å². The predicted octanol–water partition coefficient (Wildman–Crippen LogP) is 3.37. The number of hydrogen-bond donors (Lipinski definition) is 0. The Hall–Kier alpha value is -1.77. The maximum atomic E-state index is 5.44. The van der Waals surface area contributed by atoms with E-state index in [4.69, 9.17) is 4.74 Å². The minimum Gasteiger partial charge on any atom is -0.496 e. The molecule has 0 aliphatic rings. The van der Waals surface area contributed by atoms with Crippen molar-refractivity contribution in [3.05, 3.63) is 46.8 Å². The molecule has 0 aliphatic heterocycles. The zero-order valence-corrected chi connectivity index (χ0v) is 12.2. The molecule has 3 heteroatoms. The highest BCUT2D eigenvalue weighted by Crippen LogP contribution is 2.21. The molecule has 2 rings (SSSR count). The monoisotopic (exact) mass is 258 g/mol. The topological polar surface area (TPSA) is 27.1 Å². The average Bonchev–Trinajstić information content (AvgIpc) is 2.81. The molecule has 0 fully saturated rings. The van der Waals surface area contributed by atoms with Gasteiger partial charge in [-0.05, 0) is 31.9 Å². The molecule has 3 nitrogen and oxygen atoms in total. The van der Waals surface area contributed by atoms with Crippen LogP contribution in [-0.4, -0.2) is 16.9 Å². The number of ether oxygens (including phenoxy) is 1. The molecular weight excluding hydrogens is 236 g/mol. The molecule has 102 valence electrons. The minimum absolute atomic E-state index is 0.772. The average molecular weight is 258 g/mol. The van der Waals surface area contributed by atoms with Gasteiger partial charge in [0, 0.05) is 11.3 Å². The number of benzene rings is 1.